The van der Waals surface area contributed by atoms with Crippen LogP contribution in [0.25, 0.3) is 0 Å². The smallest absolute Gasteiger partial charge is 0.0225 e. The normalized spacial score (nSPS) is 13.1. The van der Waals surface area contributed by atoms with Crippen molar-refractivity contribution in [1.82, 2.24) is 0 Å². The second-order valence-corrected chi connectivity index (χ2v) is 5.05. The van der Waals surface area contributed by atoms with Crippen molar-refractivity contribution in [3.8, 4) is 0 Å². The molecule has 0 nitrogen and oxygen atoms in total. The van der Waals surface area contributed by atoms with Crippen LogP contribution in [0.2, 0.25) is 0 Å². The van der Waals surface area contributed by atoms with Gasteiger partial charge in [0.2, 0.25) is 0 Å². The van der Waals surface area contributed by atoms with Crippen LogP contribution in [0.5, 0.6) is 0 Å². The largest absolute Gasteiger partial charge is 0.0895 e. The molecule has 1 heteroatoms. The lowest BCUT2D eigenvalue weighted by atomic mass is 9.98. The lowest BCUT2D eigenvalue weighted by Gasteiger charge is -2.20. The number of rotatable bonds is 1. The van der Waals surface area contributed by atoms with E-state index in [0.29, 0.717) is 0 Å². The first-order valence-electron chi connectivity index (χ1n) is 5.62. The molecule has 16 heavy (non-hydrogen) atoms. The van der Waals surface area contributed by atoms with Gasteiger partial charge in [-0.25, -0.2) is 0 Å². The first-order chi connectivity index (χ1) is 7.88. The van der Waals surface area contributed by atoms with Gasteiger partial charge < -0.3 is 0 Å². The minimum Gasteiger partial charge on any atom is -0.0895 e. The molecule has 79 valence electrons. The Balaban J connectivity index is 2.12. The average Bonchev–Trinajstić information content (AvgIpc) is 2.35. The third-order valence-electron chi connectivity index (χ3n) is 2.98. The summed E-state index contributed by atoms with van der Waals surface area (Å²) >= 11 is 1.88. The van der Waals surface area contributed by atoms with E-state index in [1.165, 1.54) is 26.5 Å². The van der Waals surface area contributed by atoms with Gasteiger partial charge in [0.15, 0.2) is 0 Å². The van der Waals surface area contributed by atoms with Crippen molar-refractivity contribution in [1.29, 1.82) is 0 Å². The van der Waals surface area contributed by atoms with Crippen molar-refractivity contribution < 1.29 is 0 Å². The molecule has 0 unspecified atom stereocenters. The first kappa shape index (κ1) is 9.98. The van der Waals surface area contributed by atoms with Gasteiger partial charge in [0.05, 0.1) is 0 Å². The molecule has 1 heterocycles. The highest BCUT2D eigenvalue weighted by Gasteiger charge is 2.17. The fourth-order valence-electron chi connectivity index (χ4n) is 2.12. The second-order valence-electron chi connectivity index (χ2n) is 3.97. The summed E-state index contributed by atoms with van der Waals surface area (Å²) in [5.41, 5.74) is 4.20. The summed E-state index contributed by atoms with van der Waals surface area (Å²) in [6, 6.07) is 15.2. The predicted molar refractivity (Wildman–Crippen MR) is 68.9 cm³/mol. The SMILES string of the molecule is CCc1cccc2c1[CH]c1ccccc1S2. The van der Waals surface area contributed by atoms with Crippen LogP contribution in [-0.2, 0) is 6.42 Å². The molecule has 0 aromatic heterocycles. The molecule has 0 N–H and O–H groups in total. The number of benzene rings is 2. The van der Waals surface area contributed by atoms with Crippen LogP contribution in [0.4, 0.5) is 0 Å². The van der Waals surface area contributed by atoms with E-state index in [1.807, 2.05) is 11.8 Å². The van der Waals surface area contributed by atoms with Gasteiger partial charge in [-0.05, 0) is 35.2 Å². The van der Waals surface area contributed by atoms with Crippen LogP contribution in [0.15, 0.2) is 52.3 Å². The molecule has 2 aromatic carbocycles. The molecule has 2 aromatic rings. The second kappa shape index (κ2) is 3.99. The van der Waals surface area contributed by atoms with Crippen LogP contribution in [0.1, 0.15) is 23.6 Å². The molecule has 0 saturated heterocycles. The molecule has 3 rings (SSSR count). The Hall–Kier alpha value is -1.21. The molecule has 0 aliphatic carbocycles. The molecular weight excluding hydrogens is 212 g/mol. The highest BCUT2D eigenvalue weighted by atomic mass is 32.2. The summed E-state index contributed by atoms with van der Waals surface area (Å²) < 4.78 is 0. The third kappa shape index (κ3) is 1.56. The fourth-order valence-corrected chi connectivity index (χ4v) is 3.19. The van der Waals surface area contributed by atoms with Gasteiger partial charge in [-0.15, -0.1) is 0 Å². The zero-order chi connectivity index (χ0) is 11.0. The zero-order valence-corrected chi connectivity index (χ0v) is 10.1. The molecule has 0 bridgehead atoms. The van der Waals surface area contributed by atoms with E-state index in [0.717, 1.165) is 6.42 Å². The van der Waals surface area contributed by atoms with Crippen molar-refractivity contribution in [2.45, 2.75) is 23.1 Å². The summed E-state index contributed by atoms with van der Waals surface area (Å²) in [6.45, 7) is 2.22. The van der Waals surface area contributed by atoms with Crippen molar-refractivity contribution in [2.24, 2.45) is 0 Å². The topological polar surface area (TPSA) is 0 Å². The molecular formula is C15H13S. The quantitative estimate of drug-likeness (QED) is 0.594. The van der Waals surface area contributed by atoms with Gasteiger partial charge in [0.25, 0.3) is 0 Å². The van der Waals surface area contributed by atoms with E-state index >= 15 is 0 Å². The Morgan fingerprint density at radius 2 is 1.75 bits per heavy atom. The van der Waals surface area contributed by atoms with E-state index in [2.05, 4.69) is 55.8 Å². The molecule has 0 fully saturated rings. The van der Waals surface area contributed by atoms with Crippen molar-refractivity contribution in [3.63, 3.8) is 0 Å². The number of aryl methyl sites for hydroxylation is 1. The molecule has 1 radical (unpaired) electrons. The highest BCUT2D eigenvalue weighted by Crippen LogP contribution is 2.41. The Kier molecular flexibility index (Phi) is 2.49. The van der Waals surface area contributed by atoms with Crippen LogP contribution in [0, 0.1) is 6.42 Å². The van der Waals surface area contributed by atoms with E-state index in [9.17, 15) is 0 Å². The number of hydrogen-bond donors (Lipinski definition) is 0. The molecule has 1 aliphatic rings. The average molecular weight is 225 g/mol. The molecule has 0 amide bonds. The van der Waals surface area contributed by atoms with E-state index in [1.54, 1.807) is 0 Å². The van der Waals surface area contributed by atoms with Gasteiger partial charge in [-0.2, -0.15) is 0 Å². The molecule has 0 atom stereocenters. The predicted octanol–water partition coefficient (Wildman–Crippen LogP) is 4.31. The highest BCUT2D eigenvalue weighted by molar-refractivity contribution is 7.99. The summed E-state index contributed by atoms with van der Waals surface area (Å²) in [4.78, 5) is 2.75. The zero-order valence-electron chi connectivity index (χ0n) is 9.23. The lowest BCUT2D eigenvalue weighted by Crippen LogP contribution is -2.00. The number of fused-ring (bicyclic) bond motifs is 2. The van der Waals surface area contributed by atoms with Crippen molar-refractivity contribution >= 4 is 11.8 Å². The minimum absolute atomic E-state index is 1.10. The standard InChI is InChI=1S/C15H13S/c1-2-11-7-5-9-15-13(11)10-12-6-3-4-8-14(12)16-15/h3-10H,2H2,1H3. The lowest BCUT2D eigenvalue weighted by molar-refractivity contribution is 1.07. The summed E-state index contributed by atoms with van der Waals surface area (Å²) in [5, 5.41) is 0. The Bertz CT molecular complexity index is 529. The third-order valence-corrected chi connectivity index (χ3v) is 4.14. The van der Waals surface area contributed by atoms with E-state index in [4.69, 9.17) is 0 Å². The van der Waals surface area contributed by atoms with Crippen LogP contribution in [0.3, 0.4) is 0 Å². The Morgan fingerprint density at radius 1 is 0.938 bits per heavy atom. The summed E-state index contributed by atoms with van der Waals surface area (Å²) in [5.74, 6) is 0. The maximum atomic E-state index is 2.32. The fraction of sp³-hybridized carbons (Fsp3) is 0.133. The summed E-state index contributed by atoms with van der Waals surface area (Å²) in [6.07, 6.45) is 3.42. The van der Waals surface area contributed by atoms with Gasteiger partial charge in [0, 0.05) is 16.2 Å². The van der Waals surface area contributed by atoms with Crippen LogP contribution in [-0.4, -0.2) is 0 Å². The monoisotopic (exact) mass is 225 g/mol. The first-order valence-corrected chi connectivity index (χ1v) is 6.43. The van der Waals surface area contributed by atoms with Crippen molar-refractivity contribution in [2.75, 3.05) is 0 Å². The maximum absolute atomic E-state index is 2.32. The molecule has 0 spiro atoms. The minimum atomic E-state index is 1.10. The van der Waals surface area contributed by atoms with Gasteiger partial charge in [-0.1, -0.05) is 49.0 Å². The van der Waals surface area contributed by atoms with E-state index in [-0.39, 0.29) is 0 Å². The molecule has 1 aliphatic heterocycles. The van der Waals surface area contributed by atoms with Gasteiger partial charge in [-0.3, -0.25) is 0 Å². The van der Waals surface area contributed by atoms with Crippen LogP contribution >= 0.6 is 11.8 Å². The maximum Gasteiger partial charge on any atom is 0.0225 e. The summed E-state index contributed by atoms with van der Waals surface area (Å²) in [7, 11) is 0. The number of hydrogen-bond acceptors (Lipinski definition) is 1. The molecule has 0 saturated carbocycles. The van der Waals surface area contributed by atoms with Gasteiger partial charge in [0.1, 0.15) is 0 Å². The Labute approximate surface area is 101 Å². The van der Waals surface area contributed by atoms with Gasteiger partial charge >= 0.3 is 0 Å². The van der Waals surface area contributed by atoms with Crippen LogP contribution < -0.4 is 0 Å². The van der Waals surface area contributed by atoms with Crippen molar-refractivity contribution in [3.05, 3.63) is 65.6 Å². The Morgan fingerprint density at radius 3 is 2.62 bits per heavy atom. The van der Waals surface area contributed by atoms with E-state index < -0.39 is 0 Å².